The highest BCUT2D eigenvalue weighted by Crippen LogP contribution is 2.27. The number of nitrogens with one attached hydrogen (secondary N) is 2. The fourth-order valence-corrected chi connectivity index (χ4v) is 3.64. The summed E-state index contributed by atoms with van der Waals surface area (Å²) in [5, 5.41) is 8.49. The number of halogens is 1. The quantitative estimate of drug-likeness (QED) is 0.852. The maximum absolute atomic E-state index is 12.2. The summed E-state index contributed by atoms with van der Waals surface area (Å²) >= 11 is 1.68. The van der Waals surface area contributed by atoms with E-state index in [1.807, 2.05) is 12.1 Å². The van der Waals surface area contributed by atoms with Crippen molar-refractivity contribution >= 4 is 29.7 Å². The summed E-state index contributed by atoms with van der Waals surface area (Å²) in [4.78, 5) is 13.3. The highest BCUT2D eigenvalue weighted by Gasteiger charge is 2.20. The number of hydrogen-bond acceptors (Lipinski definition) is 4. The van der Waals surface area contributed by atoms with Crippen molar-refractivity contribution in [1.82, 2.24) is 10.6 Å². The van der Waals surface area contributed by atoms with Crippen molar-refractivity contribution in [2.24, 2.45) is 5.92 Å². The largest absolute Gasteiger partial charge is 0.497 e. The monoisotopic (exact) mass is 366 g/mol. The van der Waals surface area contributed by atoms with E-state index in [2.05, 4.69) is 34.2 Å². The van der Waals surface area contributed by atoms with Gasteiger partial charge in [0.25, 0.3) is 0 Å². The predicted octanol–water partition coefficient (Wildman–Crippen LogP) is 3.46. The average molecular weight is 367 g/mol. The van der Waals surface area contributed by atoms with Crippen molar-refractivity contribution in [1.29, 1.82) is 0 Å². The van der Waals surface area contributed by atoms with Crippen LogP contribution in [-0.2, 0) is 11.3 Å². The minimum absolute atomic E-state index is 0. The molecular formula is C18H23ClN2O2S. The lowest BCUT2D eigenvalue weighted by molar-refractivity contribution is -0.125. The number of hydrogen-bond donors (Lipinski definition) is 2. The molecule has 1 aliphatic heterocycles. The molecule has 0 spiro atoms. The third kappa shape index (κ3) is 4.72. The van der Waals surface area contributed by atoms with E-state index in [4.69, 9.17) is 4.74 Å². The van der Waals surface area contributed by atoms with Crippen LogP contribution in [0.5, 0.6) is 5.75 Å². The van der Waals surface area contributed by atoms with Gasteiger partial charge in [0.15, 0.2) is 0 Å². The normalized spacial score (nSPS) is 14.7. The maximum atomic E-state index is 12.2. The molecule has 1 aromatic heterocycles. The average Bonchev–Trinajstić information content (AvgIpc) is 3.09. The van der Waals surface area contributed by atoms with E-state index in [1.54, 1.807) is 18.4 Å². The maximum Gasteiger partial charge on any atom is 0.223 e. The van der Waals surface area contributed by atoms with Gasteiger partial charge in [0, 0.05) is 10.8 Å². The van der Waals surface area contributed by atoms with Crippen LogP contribution in [0.1, 0.15) is 17.7 Å². The molecule has 0 atom stereocenters. The summed E-state index contributed by atoms with van der Waals surface area (Å²) in [5.74, 6) is 1.21. The number of thiophene rings is 1. The minimum Gasteiger partial charge on any atom is -0.497 e. The Hall–Kier alpha value is -1.56. The van der Waals surface area contributed by atoms with Gasteiger partial charge in [0.1, 0.15) is 5.75 Å². The van der Waals surface area contributed by atoms with Crippen LogP contribution in [0.3, 0.4) is 0 Å². The topological polar surface area (TPSA) is 50.4 Å². The zero-order valence-electron chi connectivity index (χ0n) is 13.7. The Morgan fingerprint density at radius 3 is 2.62 bits per heavy atom. The van der Waals surface area contributed by atoms with Crippen LogP contribution in [0.2, 0.25) is 0 Å². The lowest BCUT2D eigenvalue weighted by atomic mass is 9.97. The first kappa shape index (κ1) is 18.8. The molecule has 0 aliphatic carbocycles. The third-order valence-electron chi connectivity index (χ3n) is 4.22. The van der Waals surface area contributed by atoms with E-state index in [0.717, 1.165) is 37.2 Å². The molecule has 1 fully saturated rings. The number of amides is 1. The molecule has 2 heterocycles. The summed E-state index contributed by atoms with van der Waals surface area (Å²) in [6, 6.07) is 10.2. The molecule has 1 saturated heterocycles. The van der Waals surface area contributed by atoms with E-state index in [0.29, 0.717) is 6.54 Å². The lowest BCUT2D eigenvalue weighted by Crippen LogP contribution is -2.37. The van der Waals surface area contributed by atoms with Gasteiger partial charge in [0.2, 0.25) is 5.91 Å². The van der Waals surface area contributed by atoms with E-state index in [1.165, 1.54) is 10.4 Å². The summed E-state index contributed by atoms with van der Waals surface area (Å²) in [6.45, 7) is 2.50. The number of ether oxygens (including phenoxy) is 1. The molecule has 0 radical (unpaired) electrons. The fourth-order valence-electron chi connectivity index (χ4n) is 2.81. The Kier molecular flexibility index (Phi) is 7.09. The summed E-state index contributed by atoms with van der Waals surface area (Å²) in [7, 11) is 1.67. The molecule has 1 amide bonds. The summed E-state index contributed by atoms with van der Waals surface area (Å²) in [6.07, 6.45) is 1.88. The van der Waals surface area contributed by atoms with Gasteiger partial charge in [-0.15, -0.1) is 23.7 Å². The molecule has 130 valence electrons. The number of carbonyl (C=O) groups is 1. The first-order valence-electron chi connectivity index (χ1n) is 7.96. The van der Waals surface area contributed by atoms with Crippen molar-refractivity contribution in [3.8, 4) is 16.9 Å². The first-order valence-corrected chi connectivity index (χ1v) is 8.84. The SMILES string of the molecule is COc1ccc(-c2csc(CNC(=O)C3CCNCC3)c2)cc1.Cl. The Morgan fingerprint density at radius 1 is 1.25 bits per heavy atom. The number of carbonyl (C=O) groups excluding carboxylic acids is 1. The van der Waals surface area contributed by atoms with Crippen LogP contribution in [0.4, 0.5) is 0 Å². The zero-order chi connectivity index (χ0) is 16.1. The smallest absolute Gasteiger partial charge is 0.223 e. The van der Waals surface area contributed by atoms with Gasteiger partial charge in [0.05, 0.1) is 13.7 Å². The highest BCUT2D eigenvalue weighted by atomic mass is 35.5. The Balaban J connectivity index is 0.00000208. The second-order valence-electron chi connectivity index (χ2n) is 5.77. The van der Waals surface area contributed by atoms with Gasteiger partial charge in [-0.25, -0.2) is 0 Å². The predicted molar refractivity (Wildman–Crippen MR) is 101 cm³/mol. The van der Waals surface area contributed by atoms with Gasteiger partial charge < -0.3 is 15.4 Å². The van der Waals surface area contributed by atoms with Gasteiger partial charge in [-0.1, -0.05) is 12.1 Å². The van der Waals surface area contributed by atoms with Crippen molar-refractivity contribution < 1.29 is 9.53 Å². The first-order chi connectivity index (χ1) is 11.3. The molecule has 1 aliphatic rings. The van der Waals surface area contributed by atoms with E-state index in [9.17, 15) is 4.79 Å². The van der Waals surface area contributed by atoms with Crippen molar-refractivity contribution in [2.75, 3.05) is 20.2 Å². The molecule has 3 rings (SSSR count). The van der Waals surface area contributed by atoms with Gasteiger partial charge in [-0.2, -0.15) is 0 Å². The molecule has 2 aromatic rings. The van der Waals surface area contributed by atoms with Crippen LogP contribution < -0.4 is 15.4 Å². The van der Waals surface area contributed by atoms with Crippen LogP contribution in [-0.4, -0.2) is 26.1 Å². The standard InChI is InChI=1S/C18H22N2O2S.ClH/c1-22-16-4-2-13(3-5-16)15-10-17(23-12-15)11-20-18(21)14-6-8-19-9-7-14;/h2-5,10,12,14,19H,6-9,11H2,1H3,(H,20,21);1H. The molecule has 0 saturated carbocycles. The van der Waals surface area contributed by atoms with E-state index >= 15 is 0 Å². The number of benzene rings is 1. The minimum atomic E-state index is 0. The lowest BCUT2D eigenvalue weighted by Gasteiger charge is -2.21. The van der Waals surface area contributed by atoms with Crippen LogP contribution in [0.15, 0.2) is 35.7 Å². The Bertz CT molecular complexity index is 651. The van der Waals surface area contributed by atoms with Gasteiger partial charge >= 0.3 is 0 Å². The number of methoxy groups -OCH3 is 1. The molecule has 1 aromatic carbocycles. The van der Waals surface area contributed by atoms with E-state index < -0.39 is 0 Å². The van der Waals surface area contributed by atoms with E-state index in [-0.39, 0.29) is 24.2 Å². The number of rotatable bonds is 5. The molecule has 2 N–H and O–H groups in total. The van der Waals surface area contributed by atoms with Crippen LogP contribution in [0, 0.1) is 5.92 Å². The van der Waals surface area contributed by atoms with Gasteiger partial charge in [-0.05, 0) is 60.6 Å². The summed E-state index contributed by atoms with van der Waals surface area (Å²) < 4.78 is 5.18. The van der Waals surface area contributed by atoms with Crippen molar-refractivity contribution in [2.45, 2.75) is 19.4 Å². The Morgan fingerprint density at radius 2 is 1.96 bits per heavy atom. The zero-order valence-corrected chi connectivity index (χ0v) is 15.3. The second kappa shape index (κ2) is 9.06. The fraction of sp³-hybridized carbons (Fsp3) is 0.389. The van der Waals surface area contributed by atoms with Crippen LogP contribution >= 0.6 is 23.7 Å². The van der Waals surface area contributed by atoms with Crippen molar-refractivity contribution in [3.63, 3.8) is 0 Å². The molecule has 0 unspecified atom stereocenters. The highest BCUT2D eigenvalue weighted by molar-refractivity contribution is 7.10. The molecule has 4 nitrogen and oxygen atoms in total. The number of piperidine rings is 1. The molecule has 6 heteroatoms. The molecule has 24 heavy (non-hydrogen) atoms. The van der Waals surface area contributed by atoms with Crippen LogP contribution in [0.25, 0.3) is 11.1 Å². The summed E-state index contributed by atoms with van der Waals surface area (Å²) in [5.41, 5.74) is 2.35. The molecule has 0 bridgehead atoms. The molecular weight excluding hydrogens is 344 g/mol. The second-order valence-corrected chi connectivity index (χ2v) is 6.77. The van der Waals surface area contributed by atoms with Crippen molar-refractivity contribution in [3.05, 3.63) is 40.6 Å². The Labute approximate surface area is 153 Å². The third-order valence-corrected chi connectivity index (χ3v) is 5.16. The van der Waals surface area contributed by atoms with Gasteiger partial charge in [-0.3, -0.25) is 4.79 Å².